The lowest BCUT2D eigenvalue weighted by molar-refractivity contribution is -0.132. The van der Waals surface area contributed by atoms with Gasteiger partial charge in [0.05, 0.1) is 19.4 Å². The number of ether oxygens (including phenoxy) is 2. The van der Waals surface area contributed by atoms with E-state index in [4.69, 9.17) is 9.47 Å². The molecule has 0 bridgehead atoms. The van der Waals surface area contributed by atoms with Crippen molar-refractivity contribution < 1.29 is 19.1 Å². The van der Waals surface area contributed by atoms with Crippen molar-refractivity contribution in [1.82, 2.24) is 10.3 Å². The zero-order valence-corrected chi connectivity index (χ0v) is 17.3. The van der Waals surface area contributed by atoms with Crippen LogP contribution in [-0.2, 0) is 9.59 Å². The summed E-state index contributed by atoms with van der Waals surface area (Å²) in [5.41, 5.74) is 3.65. The van der Waals surface area contributed by atoms with E-state index in [9.17, 15) is 14.9 Å². The van der Waals surface area contributed by atoms with Gasteiger partial charge in [0.1, 0.15) is 0 Å². The normalized spacial score (nSPS) is 14.1. The monoisotopic (exact) mass is 420 g/mol. The number of nitrogens with one attached hydrogen (secondary N) is 1. The number of hydrogen-bond acceptors (Lipinski definition) is 6. The highest BCUT2D eigenvalue weighted by Gasteiger charge is 2.20. The van der Waals surface area contributed by atoms with Gasteiger partial charge in [-0.05, 0) is 42.2 Å². The second kappa shape index (κ2) is 10.8. The van der Waals surface area contributed by atoms with Crippen LogP contribution in [0.3, 0.4) is 0 Å². The molecule has 2 aromatic rings. The Morgan fingerprint density at radius 1 is 1.19 bits per heavy atom. The van der Waals surface area contributed by atoms with Gasteiger partial charge in [-0.3, -0.25) is 9.59 Å². The first-order valence-corrected chi connectivity index (χ1v) is 9.98. The van der Waals surface area contributed by atoms with Crippen LogP contribution in [0.5, 0.6) is 11.5 Å². The third-order valence-corrected chi connectivity index (χ3v) is 4.91. The van der Waals surface area contributed by atoms with Crippen molar-refractivity contribution >= 4 is 18.0 Å². The maximum absolute atomic E-state index is 12.3. The number of hydrogen-bond donors (Lipinski definition) is 1. The Labute approximate surface area is 181 Å². The molecule has 0 spiro atoms. The summed E-state index contributed by atoms with van der Waals surface area (Å²) in [6.07, 6.45) is 3.50. The van der Waals surface area contributed by atoms with E-state index in [2.05, 4.69) is 10.5 Å². The van der Waals surface area contributed by atoms with Gasteiger partial charge in [-0.2, -0.15) is 10.4 Å². The minimum atomic E-state index is -0.947. The highest BCUT2D eigenvalue weighted by atomic mass is 16.5. The molecule has 31 heavy (non-hydrogen) atoms. The van der Waals surface area contributed by atoms with E-state index >= 15 is 0 Å². The zero-order valence-electron chi connectivity index (χ0n) is 17.3. The maximum Gasteiger partial charge on any atom is 0.261 e. The fourth-order valence-electron chi connectivity index (χ4n) is 3.25. The van der Waals surface area contributed by atoms with Crippen LogP contribution < -0.4 is 14.9 Å². The van der Waals surface area contributed by atoms with Crippen LogP contribution in [0.1, 0.15) is 29.9 Å². The third kappa shape index (κ3) is 5.82. The van der Waals surface area contributed by atoms with E-state index in [1.165, 1.54) is 13.3 Å². The van der Waals surface area contributed by atoms with Crippen molar-refractivity contribution in [3.05, 3.63) is 59.7 Å². The molecule has 0 unspecified atom stereocenters. The molecule has 8 heteroatoms. The number of amides is 2. The van der Waals surface area contributed by atoms with Crippen LogP contribution in [0.15, 0.2) is 53.6 Å². The topological polar surface area (TPSA) is 104 Å². The van der Waals surface area contributed by atoms with Crippen molar-refractivity contribution in [1.29, 1.82) is 5.26 Å². The fraction of sp³-hybridized carbons (Fsp3) is 0.304. The van der Waals surface area contributed by atoms with Gasteiger partial charge in [0.15, 0.2) is 24.0 Å². The number of benzene rings is 2. The molecule has 2 amide bonds. The second-order valence-corrected chi connectivity index (χ2v) is 6.99. The van der Waals surface area contributed by atoms with Crippen LogP contribution in [0.2, 0.25) is 0 Å². The molecular weight excluding hydrogens is 396 g/mol. The molecule has 1 atom stereocenters. The fourth-order valence-corrected chi connectivity index (χ4v) is 3.25. The summed E-state index contributed by atoms with van der Waals surface area (Å²) in [6.45, 7) is 1.50. The van der Waals surface area contributed by atoms with Gasteiger partial charge in [0, 0.05) is 13.1 Å². The average Bonchev–Trinajstić information content (AvgIpc) is 3.34. The van der Waals surface area contributed by atoms with Gasteiger partial charge >= 0.3 is 0 Å². The minimum Gasteiger partial charge on any atom is -0.493 e. The first-order chi connectivity index (χ1) is 15.1. The molecule has 0 radical (unpaired) electrons. The molecule has 0 aromatic heterocycles. The van der Waals surface area contributed by atoms with Crippen molar-refractivity contribution in [2.24, 2.45) is 5.10 Å². The molecule has 1 fully saturated rings. The number of carbonyl (C=O) groups excluding carboxylic acids is 2. The van der Waals surface area contributed by atoms with Gasteiger partial charge in [-0.1, -0.05) is 30.3 Å². The molecule has 0 aliphatic carbocycles. The Morgan fingerprint density at radius 3 is 2.61 bits per heavy atom. The van der Waals surface area contributed by atoms with Gasteiger partial charge < -0.3 is 14.4 Å². The zero-order chi connectivity index (χ0) is 22.1. The number of methoxy groups -OCH3 is 1. The molecule has 1 N–H and O–H groups in total. The Bertz CT molecular complexity index is 979. The summed E-state index contributed by atoms with van der Waals surface area (Å²) in [5.74, 6) is -0.610. The third-order valence-electron chi connectivity index (χ3n) is 4.91. The predicted molar refractivity (Wildman–Crippen MR) is 115 cm³/mol. The Kier molecular flexibility index (Phi) is 7.60. The molecule has 1 aliphatic rings. The van der Waals surface area contributed by atoms with Gasteiger partial charge in [-0.15, -0.1) is 0 Å². The van der Waals surface area contributed by atoms with Crippen molar-refractivity contribution in [3.8, 4) is 17.6 Å². The van der Waals surface area contributed by atoms with E-state index < -0.39 is 11.8 Å². The number of nitrogens with zero attached hydrogens (tertiary/aromatic N) is 3. The lowest BCUT2D eigenvalue weighted by Crippen LogP contribution is -2.32. The molecule has 1 aliphatic heterocycles. The smallest absolute Gasteiger partial charge is 0.261 e. The lowest BCUT2D eigenvalue weighted by atomic mass is 10.0. The Morgan fingerprint density at radius 2 is 1.94 bits per heavy atom. The second-order valence-electron chi connectivity index (χ2n) is 6.99. The van der Waals surface area contributed by atoms with E-state index in [-0.39, 0.29) is 12.5 Å². The molecule has 1 saturated heterocycles. The van der Waals surface area contributed by atoms with E-state index in [1.807, 2.05) is 12.1 Å². The minimum absolute atomic E-state index is 0.0432. The van der Waals surface area contributed by atoms with Crippen LogP contribution in [0.25, 0.3) is 0 Å². The van der Waals surface area contributed by atoms with Gasteiger partial charge in [-0.25, -0.2) is 5.43 Å². The summed E-state index contributed by atoms with van der Waals surface area (Å²) < 4.78 is 11.0. The van der Waals surface area contributed by atoms with Crippen molar-refractivity contribution in [2.45, 2.75) is 18.8 Å². The van der Waals surface area contributed by atoms with E-state index in [0.29, 0.717) is 22.6 Å². The van der Waals surface area contributed by atoms with Gasteiger partial charge in [0.2, 0.25) is 0 Å². The number of carbonyl (C=O) groups is 2. The predicted octanol–water partition coefficient (Wildman–Crippen LogP) is 2.45. The molecule has 3 rings (SSSR count). The number of rotatable bonds is 8. The summed E-state index contributed by atoms with van der Waals surface area (Å²) in [6, 6.07) is 15.9. The maximum atomic E-state index is 12.3. The largest absolute Gasteiger partial charge is 0.493 e. The number of likely N-dealkylation sites (tertiary alicyclic amines) is 1. The number of hydrazone groups is 1. The highest BCUT2D eigenvalue weighted by Crippen LogP contribution is 2.27. The quantitative estimate of drug-likeness (QED) is 0.522. The molecular formula is C23H24N4O4. The SMILES string of the molecule is COc1cc(/C=N\NC(=O)[C@H](C#N)c2ccccc2)ccc1OCC(=O)N1CCCC1. The average molecular weight is 420 g/mol. The first-order valence-electron chi connectivity index (χ1n) is 9.98. The Hall–Kier alpha value is -3.86. The van der Waals surface area contributed by atoms with Crippen LogP contribution >= 0.6 is 0 Å². The lowest BCUT2D eigenvalue weighted by Gasteiger charge is -2.16. The van der Waals surface area contributed by atoms with Gasteiger partial charge in [0.25, 0.3) is 11.8 Å². The van der Waals surface area contributed by atoms with Crippen LogP contribution in [-0.4, -0.2) is 49.7 Å². The molecule has 160 valence electrons. The number of nitriles is 1. The molecule has 0 saturated carbocycles. The van der Waals surface area contributed by atoms with Crippen molar-refractivity contribution in [2.75, 3.05) is 26.8 Å². The molecule has 1 heterocycles. The van der Waals surface area contributed by atoms with E-state index in [1.54, 1.807) is 47.4 Å². The van der Waals surface area contributed by atoms with Crippen molar-refractivity contribution in [3.63, 3.8) is 0 Å². The molecule has 8 nitrogen and oxygen atoms in total. The summed E-state index contributed by atoms with van der Waals surface area (Å²) in [5, 5.41) is 13.2. The molecule has 2 aromatic carbocycles. The van der Waals surface area contributed by atoms with Crippen LogP contribution in [0.4, 0.5) is 0 Å². The summed E-state index contributed by atoms with van der Waals surface area (Å²) in [4.78, 5) is 26.2. The van der Waals surface area contributed by atoms with E-state index in [0.717, 1.165) is 25.9 Å². The summed E-state index contributed by atoms with van der Waals surface area (Å²) in [7, 11) is 1.50. The summed E-state index contributed by atoms with van der Waals surface area (Å²) >= 11 is 0. The standard InChI is InChI=1S/C23H24N4O4/c1-30-21-13-17(9-10-20(21)31-16-22(28)27-11-5-6-12-27)15-25-26-23(29)19(14-24)18-7-3-2-4-8-18/h2-4,7-10,13,15,19H,5-6,11-12,16H2,1H3,(H,26,29)/b25-15-/t19-/m1/s1. The highest BCUT2D eigenvalue weighted by molar-refractivity contribution is 5.88. The first kappa shape index (κ1) is 21.8. The Balaban J connectivity index is 1.58. The van der Waals surface area contributed by atoms with Crippen LogP contribution in [0, 0.1) is 11.3 Å².